The molecule has 1 heterocycles. The van der Waals surface area contributed by atoms with Crippen LogP contribution in [0.3, 0.4) is 0 Å². The number of halogens is 4. The second kappa shape index (κ2) is 10.7. The number of fused-ring (bicyclic) bond motifs is 1. The molecule has 0 spiro atoms. The third kappa shape index (κ3) is 5.80. The predicted octanol–water partition coefficient (Wildman–Crippen LogP) is 6.61. The largest absolute Gasteiger partial charge is 0.462 e. The first-order valence-electron chi connectivity index (χ1n) is 11.3. The summed E-state index contributed by atoms with van der Waals surface area (Å²) in [5.74, 6) is -1.63. The summed E-state index contributed by atoms with van der Waals surface area (Å²) in [6.07, 6.45) is -4.88. The van der Waals surface area contributed by atoms with E-state index in [1.165, 1.54) is 34.6 Å². The Hall–Kier alpha value is -3.79. The van der Waals surface area contributed by atoms with Crippen LogP contribution < -0.4 is 4.31 Å². The fraction of sp³-hybridized carbons (Fsp3) is 0.185. The van der Waals surface area contributed by atoms with Gasteiger partial charge in [0, 0.05) is 5.39 Å². The van der Waals surface area contributed by atoms with Crippen molar-refractivity contribution in [3.05, 3.63) is 101 Å². The van der Waals surface area contributed by atoms with Crippen molar-refractivity contribution in [2.45, 2.75) is 31.5 Å². The lowest BCUT2D eigenvalue weighted by atomic mass is 10.1. The van der Waals surface area contributed by atoms with Gasteiger partial charge in [0.2, 0.25) is 0 Å². The van der Waals surface area contributed by atoms with Gasteiger partial charge in [0.25, 0.3) is 0 Å². The van der Waals surface area contributed by atoms with Gasteiger partial charge in [-0.3, -0.25) is 4.31 Å². The van der Waals surface area contributed by atoms with Crippen molar-refractivity contribution in [2.75, 3.05) is 10.9 Å². The van der Waals surface area contributed by atoms with E-state index in [1.807, 2.05) is 18.2 Å². The van der Waals surface area contributed by atoms with Gasteiger partial charge >= 0.3 is 12.1 Å². The highest BCUT2D eigenvalue weighted by Crippen LogP contribution is 2.33. The molecule has 1 atom stereocenters. The van der Waals surface area contributed by atoms with Crippen molar-refractivity contribution >= 4 is 33.7 Å². The van der Waals surface area contributed by atoms with Crippen LogP contribution in [0.2, 0.25) is 0 Å². The molecule has 0 bridgehead atoms. The maximum absolute atomic E-state index is 13.9. The first-order chi connectivity index (χ1) is 17.6. The number of para-hydroxylation sites is 1. The van der Waals surface area contributed by atoms with Gasteiger partial charge in [-0.2, -0.15) is 13.2 Å². The molecule has 0 radical (unpaired) electrons. The maximum atomic E-state index is 13.9. The van der Waals surface area contributed by atoms with Crippen LogP contribution in [0.4, 0.5) is 23.4 Å². The molecular formula is C27H22F4N2O3S. The molecular weight excluding hydrogens is 508 g/mol. The number of aromatic nitrogens is 1. The summed E-state index contributed by atoms with van der Waals surface area (Å²) in [7, 11) is -1.94. The quantitative estimate of drug-likeness (QED) is 0.199. The number of pyridine rings is 1. The molecule has 0 N–H and O–H groups in total. The van der Waals surface area contributed by atoms with Gasteiger partial charge in [0.15, 0.2) is 11.0 Å². The molecule has 1 unspecified atom stereocenters. The van der Waals surface area contributed by atoms with Gasteiger partial charge in [-0.1, -0.05) is 24.3 Å². The Morgan fingerprint density at radius 3 is 2.41 bits per heavy atom. The minimum absolute atomic E-state index is 0.0968. The number of hydrogen-bond acceptors (Lipinski definition) is 4. The summed E-state index contributed by atoms with van der Waals surface area (Å²) < 4.78 is 74.0. The molecule has 0 saturated heterocycles. The zero-order valence-electron chi connectivity index (χ0n) is 19.9. The lowest BCUT2D eigenvalue weighted by molar-refractivity contribution is -0.140. The fourth-order valence-electron chi connectivity index (χ4n) is 3.78. The highest BCUT2D eigenvalue weighted by atomic mass is 32.2. The zero-order valence-corrected chi connectivity index (χ0v) is 20.7. The Kier molecular flexibility index (Phi) is 7.58. The Labute approximate surface area is 213 Å². The van der Waals surface area contributed by atoms with Gasteiger partial charge in [0.1, 0.15) is 11.6 Å². The lowest BCUT2D eigenvalue weighted by Gasteiger charge is -2.25. The number of anilines is 1. The number of esters is 1. The minimum atomic E-state index is -4.88. The maximum Gasteiger partial charge on any atom is 0.419 e. The molecule has 10 heteroatoms. The number of rotatable bonds is 7. The number of carbonyl (C=O) groups excluding carboxylic acids is 1. The molecule has 3 aromatic carbocycles. The van der Waals surface area contributed by atoms with Gasteiger partial charge in [-0.15, -0.1) is 0 Å². The summed E-state index contributed by atoms with van der Waals surface area (Å²) in [5.41, 5.74) is 0.214. The second-order valence-corrected chi connectivity index (χ2v) is 9.57. The Bertz CT molecular complexity index is 1470. The fourth-order valence-corrected chi connectivity index (χ4v) is 5.01. The number of benzene rings is 3. The SMILES string of the molecule is CCOC(=O)c1ccc(S(=O)N(Cc2ccc(F)c(C(F)(F)F)c2)c2nc3ccccc3cc2C)cc1. The highest BCUT2D eigenvalue weighted by Gasteiger charge is 2.34. The molecule has 37 heavy (non-hydrogen) atoms. The number of alkyl halides is 3. The third-order valence-electron chi connectivity index (χ3n) is 5.55. The van der Waals surface area contributed by atoms with Crippen molar-refractivity contribution in [2.24, 2.45) is 0 Å². The third-order valence-corrected chi connectivity index (χ3v) is 6.93. The molecule has 4 aromatic rings. The van der Waals surface area contributed by atoms with E-state index in [0.29, 0.717) is 27.9 Å². The van der Waals surface area contributed by atoms with Gasteiger partial charge in [-0.25, -0.2) is 18.4 Å². The van der Waals surface area contributed by atoms with Gasteiger partial charge < -0.3 is 4.74 Å². The van der Waals surface area contributed by atoms with E-state index in [2.05, 4.69) is 4.98 Å². The highest BCUT2D eigenvalue weighted by molar-refractivity contribution is 7.86. The Morgan fingerprint density at radius 1 is 1.03 bits per heavy atom. The molecule has 0 aliphatic rings. The lowest BCUT2D eigenvalue weighted by Crippen LogP contribution is -2.27. The van der Waals surface area contributed by atoms with Crippen LogP contribution >= 0.6 is 0 Å². The zero-order chi connectivity index (χ0) is 26.7. The standard InChI is InChI=1S/C27H22F4N2O3S/c1-3-36-26(34)19-9-11-21(12-10-19)37(35)33(16-18-8-13-23(28)22(15-18)27(29,30)31)25-17(2)14-20-6-4-5-7-24(20)32-25/h4-15H,3,16H2,1-2H3. The van der Waals surface area contributed by atoms with E-state index in [9.17, 15) is 26.6 Å². The van der Waals surface area contributed by atoms with E-state index in [4.69, 9.17) is 4.74 Å². The molecule has 192 valence electrons. The van der Waals surface area contributed by atoms with Crippen LogP contribution in [0.5, 0.6) is 0 Å². The molecule has 5 nitrogen and oxygen atoms in total. The first-order valence-corrected chi connectivity index (χ1v) is 12.4. The van der Waals surface area contributed by atoms with E-state index >= 15 is 0 Å². The van der Waals surface area contributed by atoms with E-state index in [1.54, 1.807) is 26.0 Å². The molecule has 0 aliphatic heterocycles. The van der Waals surface area contributed by atoms with Crippen molar-refractivity contribution in [3.8, 4) is 0 Å². The van der Waals surface area contributed by atoms with Crippen LogP contribution in [0.1, 0.15) is 34.0 Å². The van der Waals surface area contributed by atoms with Gasteiger partial charge in [0.05, 0.1) is 34.7 Å². The summed E-state index contributed by atoms with van der Waals surface area (Å²) in [5, 5.41) is 0.842. The average Bonchev–Trinajstić information content (AvgIpc) is 2.87. The van der Waals surface area contributed by atoms with E-state index < -0.39 is 34.5 Å². The van der Waals surface area contributed by atoms with Crippen LogP contribution in [0.15, 0.2) is 77.7 Å². The van der Waals surface area contributed by atoms with Gasteiger partial charge in [-0.05, 0) is 73.5 Å². The van der Waals surface area contributed by atoms with Crippen LogP contribution in [-0.2, 0) is 28.4 Å². The molecule has 0 amide bonds. The first kappa shape index (κ1) is 26.3. The number of ether oxygens (including phenoxy) is 1. The molecule has 0 saturated carbocycles. The molecule has 0 aliphatic carbocycles. The second-order valence-electron chi connectivity index (χ2n) is 8.16. The molecule has 0 fully saturated rings. The monoisotopic (exact) mass is 530 g/mol. The summed E-state index contributed by atoms with van der Waals surface area (Å²) >= 11 is 0. The number of nitrogens with zero attached hydrogens (tertiary/aromatic N) is 2. The van der Waals surface area contributed by atoms with Crippen molar-refractivity contribution in [1.82, 2.24) is 4.98 Å². The number of aryl methyl sites for hydroxylation is 1. The average molecular weight is 531 g/mol. The summed E-state index contributed by atoms with van der Waals surface area (Å²) in [6.45, 7) is 3.39. The van der Waals surface area contributed by atoms with Crippen LogP contribution in [0.25, 0.3) is 10.9 Å². The number of hydrogen-bond donors (Lipinski definition) is 0. The smallest absolute Gasteiger partial charge is 0.419 e. The van der Waals surface area contributed by atoms with Crippen molar-refractivity contribution < 1.29 is 31.3 Å². The predicted molar refractivity (Wildman–Crippen MR) is 133 cm³/mol. The van der Waals surface area contributed by atoms with Crippen molar-refractivity contribution in [1.29, 1.82) is 0 Å². The summed E-state index contributed by atoms with van der Waals surface area (Å²) in [6, 6.07) is 17.7. The number of carbonyl (C=O) groups is 1. The molecule has 4 rings (SSSR count). The minimum Gasteiger partial charge on any atom is -0.462 e. The van der Waals surface area contributed by atoms with Crippen LogP contribution in [-0.4, -0.2) is 21.8 Å². The normalized spacial score (nSPS) is 12.4. The summed E-state index contributed by atoms with van der Waals surface area (Å²) in [4.78, 5) is 16.9. The molecule has 1 aromatic heterocycles. The Balaban J connectivity index is 1.78. The topological polar surface area (TPSA) is 59.5 Å². The van der Waals surface area contributed by atoms with E-state index in [-0.39, 0.29) is 24.3 Å². The van der Waals surface area contributed by atoms with E-state index in [0.717, 1.165) is 11.5 Å². The Morgan fingerprint density at radius 2 is 1.73 bits per heavy atom. The van der Waals surface area contributed by atoms with Crippen LogP contribution in [0, 0.1) is 12.7 Å². The van der Waals surface area contributed by atoms with Crippen molar-refractivity contribution in [3.63, 3.8) is 0 Å².